The zero-order valence-electron chi connectivity index (χ0n) is 16.4. The zero-order valence-corrected chi connectivity index (χ0v) is 18.0. The number of aromatic nitrogens is 1. The molecule has 0 atom stereocenters. The van der Waals surface area contributed by atoms with Crippen LogP contribution in [0.1, 0.15) is 10.4 Å². The Labute approximate surface area is 190 Å². The Bertz CT molecular complexity index is 1310. The minimum Gasteiger partial charge on any atom is -0.452 e. The van der Waals surface area contributed by atoms with Gasteiger partial charge in [-0.3, -0.25) is 4.79 Å². The van der Waals surface area contributed by atoms with E-state index in [2.05, 4.69) is 26.2 Å². The Balaban J connectivity index is 1.57. The Kier molecular flexibility index (Phi) is 6.23. The number of fused-ring (bicyclic) bond motifs is 1. The van der Waals surface area contributed by atoms with Crippen LogP contribution in [-0.4, -0.2) is 23.5 Å². The topological polar surface area (TPSA) is 68.3 Å². The van der Waals surface area contributed by atoms with Crippen molar-refractivity contribution in [2.75, 3.05) is 11.9 Å². The number of carbonyl (C=O) groups is 2. The third-order valence-electron chi connectivity index (χ3n) is 4.64. The minimum absolute atomic E-state index is 0.221. The van der Waals surface area contributed by atoms with Crippen molar-refractivity contribution in [3.8, 4) is 11.3 Å². The third-order valence-corrected chi connectivity index (χ3v) is 5.17. The molecule has 4 aromatic rings. The van der Waals surface area contributed by atoms with E-state index in [0.29, 0.717) is 16.6 Å². The molecule has 0 fully saturated rings. The van der Waals surface area contributed by atoms with E-state index in [4.69, 9.17) is 4.74 Å². The van der Waals surface area contributed by atoms with Crippen LogP contribution >= 0.6 is 15.9 Å². The van der Waals surface area contributed by atoms with Crippen molar-refractivity contribution < 1.29 is 23.1 Å². The summed E-state index contributed by atoms with van der Waals surface area (Å²) in [6, 6.07) is 19.3. The molecule has 0 radical (unpaired) electrons. The second-order valence-corrected chi connectivity index (χ2v) is 7.72. The van der Waals surface area contributed by atoms with Crippen molar-refractivity contribution in [2.24, 2.45) is 0 Å². The van der Waals surface area contributed by atoms with Crippen LogP contribution in [0.2, 0.25) is 0 Å². The number of halogens is 3. The fourth-order valence-corrected chi connectivity index (χ4v) is 3.38. The lowest BCUT2D eigenvalue weighted by molar-refractivity contribution is -0.119. The molecular weight excluding hydrogens is 482 g/mol. The number of nitrogens with zero attached hydrogens (tertiary/aromatic N) is 1. The number of hydrogen-bond acceptors (Lipinski definition) is 4. The second kappa shape index (κ2) is 9.23. The van der Waals surface area contributed by atoms with E-state index in [0.717, 1.165) is 22.2 Å². The van der Waals surface area contributed by atoms with Crippen molar-refractivity contribution in [3.63, 3.8) is 0 Å². The third kappa shape index (κ3) is 4.65. The van der Waals surface area contributed by atoms with Gasteiger partial charge in [0.05, 0.1) is 16.8 Å². The number of benzene rings is 3. The molecule has 1 aromatic heterocycles. The Morgan fingerprint density at radius 2 is 1.62 bits per heavy atom. The van der Waals surface area contributed by atoms with E-state index in [1.165, 1.54) is 6.07 Å². The summed E-state index contributed by atoms with van der Waals surface area (Å²) in [7, 11) is 0. The maximum atomic E-state index is 13.7. The van der Waals surface area contributed by atoms with Gasteiger partial charge in [-0.15, -0.1) is 0 Å². The SMILES string of the molecule is O=C(COC(=O)c1cc(-c2ccc(Br)cc2)nc2ccccc12)Nc1c(F)cccc1F. The summed E-state index contributed by atoms with van der Waals surface area (Å²) in [6.07, 6.45) is 0. The molecule has 5 nitrogen and oxygen atoms in total. The van der Waals surface area contributed by atoms with Crippen LogP contribution in [0.15, 0.2) is 77.3 Å². The van der Waals surface area contributed by atoms with Gasteiger partial charge in [0.1, 0.15) is 17.3 Å². The number of esters is 1. The van der Waals surface area contributed by atoms with Gasteiger partial charge in [-0.2, -0.15) is 0 Å². The average Bonchev–Trinajstić information content (AvgIpc) is 2.79. The fourth-order valence-electron chi connectivity index (χ4n) is 3.11. The first-order chi connectivity index (χ1) is 15.4. The van der Waals surface area contributed by atoms with Crippen LogP contribution in [0.3, 0.4) is 0 Å². The van der Waals surface area contributed by atoms with E-state index in [-0.39, 0.29) is 5.56 Å². The quantitative estimate of drug-likeness (QED) is 0.358. The molecule has 0 unspecified atom stereocenters. The predicted molar refractivity (Wildman–Crippen MR) is 120 cm³/mol. The largest absolute Gasteiger partial charge is 0.452 e. The van der Waals surface area contributed by atoms with Gasteiger partial charge in [0, 0.05) is 15.4 Å². The monoisotopic (exact) mass is 496 g/mol. The number of amides is 1. The first-order valence-corrected chi connectivity index (χ1v) is 10.3. The molecule has 160 valence electrons. The highest BCUT2D eigenvalue weighted by Gasteiger charge is 2.18. The molecule has 8 heteroatoms. The van der Waals surface area contributed by atoms with Gasteiger partial charge in [0.2, 0.25) is 0 Å². The van der Waals surface area contributed by atoms with Crippen molar-refractivity contribution in [1.82, 2.24) is 4.98 Å². The second-order valence-electron chi connectivity index (χ2n) is 6.80. The maximum Gasteiger partial charge on any atom is 0.339 e. The number of rotatable bonds is 5. The smallest absolute Gasteiger partial charge is 0.339 e. The van der Waals surface area contributed by atoms with Crippen LogP contribution < -0.4 is 5.32 Å². The predicted octanol–water partition coefficient (Wildman–Crippen LogP) is 5.74. The summed E-state index contributed by atoms with van der Waals surface area (Å²) in [5.41, 5.74) is 1.55. The van der Waals surface area contributed by atoms with Gasteiger partial charge in [-0.1, -0.05) is 52.3 Å². The van der Waals surface area contributed by atoms with Crippen molar-refractivity contribution in [1.29, 1.82) is 0 Å². The van der Waals surface area contributed by atoms with Crippen LogP contribution in [-0.2, 0) is 9.53 Å². The summed E-state index contributed by atoms with van der Waals surface area (Å²) in [5.74, 6) is -3.48. The van der Waals surface area contributed by atoms with Crippen molar-refractivity contribution >= 4 is 44.4 Å². The van der Waals surface area contributed by atoms with E-state index >= 15 is 0 Å². The highest BCUT2D eigenvalue weighted by molar-refractivity contribution is 9.10. The lowest BCUT2D eigenvalue weighted by Crippen LogP contribution is -2.22. The van der Waals surface area contributed by atoms with Crippen LogP contribution in [0.4, 0.5) is 14.5 Å². The molecule has 32 heavy (non-hydrogen) atoms. The Hall–Kier alpha value is -3.65. The molecule has 0 saturated heterocycles. The van der Waals surface area contributed by atoms with Gasteiger partial charge in [0.15, 0.2) is 6.61 Å². The van der Waals surface area contributed by atoms with E-state index < -0.39 is 35.8 Å². The summed E-state index contributed by atoms with van der Waals surface area (Å²) in [5, 5.41) is 2.64. The summed E-state index contributed by atoms with van der Waals surface area (Å²) in [4.78, 5) is 29.5. The van der Waals surface area contributed by atoms with Gasteiger partial charge >= 0.3 is 5.97 Å². The summed E-state index contributed by atoms with van der Waals surface area (Å²) in [6.45, 7) is -0.711. The van der Waals surface area contributed by atoms with E-state index in [9.17, 15) is 18.4 Å². The van der Waals surface area contributed by atoms with E-state index in [1.54, 1.807) is 30.3 Å². The molecule has 0 aliphatic carbocycles. The van der Waals surface area contributed by atoms with Crippen LogP contribution in [0.25, 0.3) is 22.2 Å². The number of hydrogen-bond donors (Lipinski definition) is 1. The first-order valence-electron chi connectivity index (χ1n) is 9.49. The maximum absolute atomic E-state index is 13.7. The molecule has 0 aliphatic heterocycles. The lowest BCUT2D eigenvalue weighted by Gasteiger charge is -2.11. The van der Waals surface area contributed by atoms with Crippen molar-refractivity contribution in [3.05, 3.63) is 94.5 Å². The van der Waals surface area contributed by atoms with E-state index in [1.807, 2.05) is 24.3 Å². The van der Waals surface area contributed by atoms with Gasteiger partial charge in [-0.05, 0) is 36.4 Å². The van der Waals surface area contributed by atoms with Gasteiger partial charge in [-0.25, -0.2) is 18.6 Å². The molecule has 4 rings (SSSR count). The van der Waals surface area contributed by atoms with Crippen LogP contribution in [0, 0.1) is 11.6 Å². The normalized spacial score (nSPS) is 10.7. The molecule has 0 spiro atoms. The molecule has 0 saturated carbocycles. The Morgan fingerprint density at radius 1 is 0.938 bits per heavy atom. The van der Waals surface area contributed by atoms with Crippen LogP contribution in [0.5, 0.6) is 0 Å². The molecular formula is C24H15BrF2N2O3. The van der Waals surface area contributed by atoms with Crippen molar-refractivity contribution in [2.45, 2.75) is 0 Å². The highest BCUT2D eigenvalue weighted by Crippen LogP contribution is 2.26. The number of pyridine rings is 1. The number of ether oxygens (including phenoxy) is 1. The summed E-state index contributed by atoms with van der Waals surface area (Å²) < 4.78 is 33.4. The zero-order chi connectivity index (χ0) is 22.7. The van der Waals surface area contributed by atoms with Gasteiger partial charge < -0.3 is 10.1 Å². The van der Waals surface area contributed by atoms with Gasteiger partial charge in [0.25, 0.3) is 5.91 Å². The first kappa shape index (κ1) is 21.6. The molecule has 1 heterocycles. The molecule has 1 amide bonds. The Morgan fingerprint density at radius 3 is 2.34 bits per heavy atom. The fraction of sp³-hybridized carbons (Fsp3) is 0.0417. The highest BCUT2D eigenvalue weighted by atomic mass is 79.9. The number of anilines is 1. The molecule has 0 bridgehead atoms. The molecule has 1 N–H and O–H groups in total. The minimum atomic E-state index is -0.927. The number of carbonyl (C=O) groups excluding carboxylic acids is 2. The number of nitrogens with one attached hydrogen (secondary N) is 1. The molecule has 3 aromatic carbocycles. The average molecular weight is 497 g/mol. The summed E-state index contributed by atoms with van der Waals surface area (Å²) >= 11 is 3.38. The lowest BCUT2D eigenvalue weighted by atomic mass is 10.0. The number of para-hydroxylation sites is 2. The standard InChI is InChI=1S/C24H15BrF2N2O3/c25-15-10-8-14(9-11-15)21-12-17(16-4-1-2-7-20(16)28-21)24(31)32-13-22(30)29-23-18(26)5-3-6-19(23)27/h1-12H,13H2,(H,29,30). The molecule has 0 aliphatic rings.